The molecule has 0 spiro atoms. The van der Waals surface area contributed by atoms with Crippen LogP contribution >= 0.6 is 0 Å². The number of nitrogens with one attached hydrogen (secondary N) is 1. The third-order valence-electron chi connectivity index (χ3n) is 4.39. The molecule has 0 aromatic heterocycles. The van der Waals surface area contributed by atoms with Gasteiger partial charge < -0.3 is 20.7 Å². The van der Waals surface area contributed by atoms with Crippen LogP contribution in [0.3, 0.4) is 0 Å². The lowest BCUT2D eigenvalue weighted by Crippen LogP contribution is -2.55. The average molecular weight is 319 g/mol. The second-order valence-corrected chi connectivity index (χ2v) is 6.11. The van der Waals surface area contributed by atoms with Crippen LogP contribution in [0.5, 0.6) is 5.75 Å². The van der Waals surface area contributed by atoms with Crippen LogP contribution < -0.4 is 15.8 Å². The van der Waals surface area contributed by atoms with E-state index in [0.29, 0.717) is 13.2 Å². The lowest BCUT2D eigenvalue weighted by Gasteiger charge is -2.32. The molecule has 0 fully saturated rings. The van der Waals surface area contributed by atoms with Crippen LogP contribution in [-0.4, -0.2) is 35.5 Å². The van der Waals surface area contributed by atoms with Crippen molar-refractivity contribution in [3.63, 3.8) is 0 Å². The summed E-state index contributed by atoms with van der Waals surface area (Å²) in [5.74, 6) is 0.685. The molecule has 1 aromatic rings. The van der Waals surface area contributed by atoms with Crippen molar-refractivity contribution in [1.82, 2.24) is 10.2 Å². The monoisotopic (exact) mass is 319 g/mol. The summed E-state index contributed by atoms with van der Waals surface area (Å²) in [6.45, 7) is 6.75. The van der Waals surface area contributed by atoms with Crippen molar-refractivity contribution in [2.45, 2.75) is 45.8 Å². The minimum absolute atomic E-state index is 0.00150. The third-order valence-corrected chi connectivity index (χ3v) is 4.39. The van der Waals surface area contributed by atoms with Gasteiger partial charge in [0, 0.05) is 12.1 Å². The van der Waals surface area contributed by atoms with E-state index in [1.807, 2.05) is 45.0 Å². The first kappa shape index (κ1) is 17.1. The molecule has 23 heavy (non-hydrogen) atoms. The zero-order valence-electron chi connectivity index (χ0n) is 13.9. The Labute approximate surface area is 137 Å². The number of carbonyl (C=O) groups excluding carboxylic acids is 2. The number of benzene rings is 1. The van der Waals surface area contributed by atoms with Crippen LogP contribution in [0, 0.1) is 5.92 Å². The van der Waals surface area contributed by atoms with E-state index in [1.165, 1.54) is 0 Å². The molecule has 126 valence electrons. The molecule has 6 nitrogen and oxygen atoms in total. The van der Waals surface area contributed by atoms with Gasteiger partial charge in [0.1, 0.15) is 18.4 Å². The summed E-state index contributed by atoms with van der Waals surface area (Å²) in [4.78, 5) is 26.1. The minimum atomic E-state index is -0.678. The first-order valence-electron chi connectivity index (χ1n) is 8.01. The Morgan fingerprint density at radius 1 is 1.43 bits per heavy atom. The average Bonchev–Trinajstić information content (AvgIpc) is 2.70. The molecule has 1 aromatic carbocycles. The number of nitrogens with zero attached hydrogens (tertiary/aromatic N) is 1. The smallest absolute Gasteiger partial charge is 0.312 e. The van der Waals surface area contributed by atoms with E-state index in [-0.39, 0.29) is 17.9 Å². The van der Waals surface area contributed by atoms with Crippen molar-refractivity contribution in [3.8, 4) is 5.75 Å². The SMILES string of the molecule is CCC(C)C(NC(N)=O)C(=O)N1Cc2ccccc2OCC1C. The van der Waals surface area contributed by atoms with Crippen molar-refractivity contribution in [1.29, 1.82) is 0 Å². The summed E-state index contributed by atoms with van der Waals surface area (Å²) in [6, 6.07) is 6.31. The maximum atomic E-state index is 13.0. The summed E-state index contributed by atoms with van der Waals surface area (Å²) in [5, 5.41) is 2.60. The minimum Gasteiger partial charge on any atom is -0.491 e. The number of carbonyl (C=O) groups is 2. The molecule has 2 rings (SSSR count). The van der Waals surface area contributed by atoms with E-state index in [9.17, 15) is 9.59 Å². The number of hydrogen-bond donors (Lipinski definition) is 2. The highest BCUT2D eigenvalue weighted by Crippen LogP contribution is 2.26. The Morgan fingerprint density at radius 2 is 2.13 bits per heavy atom. The maximum absolute atomic E-state index is 13.0. The molecule has 0 saturated heterocycles. The van der Waals surface area contributed by atoms with Gasteiger partial charge in [-0.15, -0.1) is 0 Å². The number of rotatable bonds is 4. The Hall–Kier alpha value is -2.24. The predicted octanol–water partition coefficient (Wildman–Crippen LogP) is 1.88. The molecule has 3 N–H and O–H groups in total. The van der Waals surface area contributed by atoms with E-state index in [4.69, 9.17) is 10.5 Å². The highest BCUT2D eigenvalue weighted by molar-refractivity contribution is 5.87. The van der Waals surface area contributed by atoms with Gasteiger partial charge in [-0.05, 0) is 18.9 Å². The van der Waals surface area contributed by atoms with Crippen LogP contribution in [0.15, 0.2) is 24.3 Å². The fraction of sp³-hybridized carbons (Fsp3) is 0.529. The van der Waals surface area contributed by atoms with E-state index in [2.05, 4.69) is 5.32 Å². The molecular formula is C17H25N3O3. The number of nitrogens with two attached hydrogens (primary N) is 1. The van der Waals surface area contributed by atoms with Gasteiger partial charge in [-0.2, -0.15) is 0 Å². The molecule has 0 bridgehead atoms. The number of ether oxygens (including phenoxy) is 1. The fourth-order valence-corrected chi connectivity index (χ4v) is 2.73. The zero-order chi connectivity index (χ0) is 17.0. The Kier molecular flexibility index (Phi) is 5.47. The molecule has 0 aliphatic carbocycles. The number of para-hydroxylation sites is 1. The largest absolute Gasteiger partial charge is 0.491 e. The van der Waals surface area contributed by atoms with Crippen LogP contribution in [0.4, 0.5) is 4.79 Å². The zero-order valence-corrected chi connectivity index (χ0v) is 13.9. The summed E-state index contributed by atoms with van der Waals surface area (Å²) in [7, 11) is 0. The van der Waals surface area contributed by atoms with Gasteiger partial charge in [0.25, 0.3) is 0 Å². The maximum Gasteiger partial charge on any atom is 0.312 e. The topological polar surface area (TPSA) is 84.7 Å². The van der Waals surface area contributed by atoms with Gasteiger partial charge >= 0.3 is 6.03 Å². The fourth-order valence-electron chi connectivity index (χ4n) is 2.73. The number of primary amides is 1. The molecule has 6 heteroatoms. The van der Waals surface area contributed by atoms with Gasteiger partial charge in [-0.25, -0.2) is 4.79 Å². The lowest BCUT2D eigenvalue weighted by atomic mass is 9.97. The van der Waals surface area contributed by atoms with E-state index in [0.717, 1.165) is 17.7 Å². The Balaban J connectivity index is 2.26. The van der Waals surface area contributed by atoms with Crippen molar-refractivity contribution in [3.05, 3.63) is 29.8 Å². The molecule has 1 heterocycles. The first-order chi connectivity index (χ1) is 10.9. The number of urea groups is 1. The summed E-state index contributed by atoms with van der Waals surface area (Å²) < 4.78 is 5.78. The molecule has 1 aliphatic heterocycles. The van der Waals surface area contributed by atoms with Crippen molar-refractivity contribution in [2.75, 3.05) is 6.61 Å². The second-order valence-electron chi connectivity index (χ2n) is 6.11. The van der Waals surface area contributed by atoms with Gasteiger partial charge in [0.2, 0.25) is 5.91 Å². The number of hydrogen-bond acceptors (Lipinski definition) is 3. The van der Waals surface area contributed by atoms with Crippen LogP contribution in [-0.2, 0) is 11.3 Å². The van der Waals surface area contributed by atoms with Gasteiger partial charge in [-0.3, -0.25) is 4.79 Å². The molecule has 3 atom stereocenters. The van der Waals surface area contributed by atoms with Gasteiger partial charge in [-0.1, -0.05) is 38.5 Å². The highest BCUT2D eigenvalue weighted by atomic mass is 16.5. The summed E-state index contributed by atoms with van der Waals surface area (Å²) >= 11 is 0. The van der Waals surface area contributed by atoms with Crippen molar-refractivity contribution < 1.29 is 14.3 Å². The van der Waals surface area contributed by atoms with Crippen LogP contribution in [0.25, 0.3) is 0 Å². The molecule has 0 saturated carbocycles. The van der Waals surface area contributed by atoms with Crippen molar-refractivity contribution >= 4 is 11.9 Å². The van der Waals surface area contributed by atoms with Gasteiger partial charge in [0.15, 0.2) is 0 Å². The summed E-state index contributed by atoms with van der Waals surface area (Å²) in [6.07, 6.45) is 0.770. The summed E-state index contributed by atoms with van der Waals surface area (Å²) in [5.41, 5.74) is 6.21. The first-order valence-corrected chi connectivity index (χ1v) is 8.01. The van der Waals surface area contributed by atoms with E-state index >= 15 is 0 Å². The Morgan fingerprint density at radius 3 is 2.78 bits per heavy atom. The van der Waals surface area contributed by atoms with Crippen LogP contribution in [0.1, 0.15) is 32.8 Å². The molecule has 0 radical (unpaired) electrons. The number of fused-ring (bicyclic) bond motifs is 1. The Bertz CT molecular complexity index is 576. The normalized spacial score (nSPS) is 19.8. The van der Waals surface area contributed by atoms with E-state index in [1.54, 1.807) is 4.90 Å². The lowest BCUT2D eigenvalue weighted by molar-refractivity contribution is -0.137. The predicted molar refractivity (Wildman–Crippen MR) is 87.9 cm³/mol. The highest BCUT2D eigenvalue weighted by Gasteiger charge is 2.33. The van der Waals surface area contributed by atoms with E-state index < -0.39 is 12.1 Å². The van der Waals surface area contributed by atoms with Crippen LogP contribution in [0.2, 0.25) is 0 Å². The molecular weight excluding hydrogens is 294 g/mol. The second kappa shape index (κ2) is 7.35. The van der Waals surface area contributed by atoms with Crippen molar-refractivity contribution in [2.24, 2.45) is 11.7 Å². The molecule has 3 unspecified atom stereocenters. The quantitative estimate of drug-likeness (QED) is 0.888. The molecule has 1 aliphatic rings. The third kappa shape index (κ3) is 3.94. The number of amides is 3. The molecule has 3 amide bonds. The standard InChI is InChI=1S/C17H25N3O3/c1-4-11(2)15(19-17(18)22)16(21)20-9-13-7-5-6-8-14(13)23-10-12(20)3/h5-8,11-12,15H,4,9-10H2,1-3H3,(H3,18,19,22). The van der Waals surface area contributed by atoms with Gasteiger partial charge in [0.05, 0.1) is 6.04 Å².